The number of fused-ring (bicyclic) bond motifs is 1. The maximum atomic E-state index is 12.4. The van der Waals surface area contributed by atoms with Gasteiger partial charge in [-0.15, -0.1) is 12.4 Å². The quantitative estimate of drug-likeness (QED) is 0.520. The molecule has 1 aliphatic carbocycles. The Kier molecular flexibility index (Phi) is 6.84. The number of ether oxygens (including phenoxy) is 1. The van der Waals surface area contributed by atoms with Gasteiger partial charge in [0.2, 0.25) is 5.91 Å². The SMILES string of the molecule is CCOc1ccc(NC(=O)CN2C[C@@H]3CCC[C@@]3(C(=O)O)C2)c([N+](=O)[O-])c1.Cl. The summed E-state index contributed by atoms with van der Waals surface area (Å²) in [4.78, 5) is 36.6. The number of nitro benzene ring substituents is 1. The molecule has 1 aliphatic heterocycles. The third-order valence-corrected chi connectivity index (χ3v) is 5.49. The monoisotopic (exact) mass is 413 g/mol. The largest absolute Gasteiger partial charge is 0.494 e. The molecule has 0 aromatic heterocycles. The van der Waals surface area contributed by atoms with Crippen molar-refractivity contribution in [1.29, 1.82) is 0 Å². The molecule has 3 rings (SSSR count). The first kappa shape index (κ1) is 21.9. The van der Waals surface area contributed by atoms with Crippen LogP contribution >= 0.6 is 12.4 Å². The van der Waals surface area contributed by atoms with Crippen LogP contribution in [0, 0.1) is 21.4 Å². The van der Waals surface area contributed by atoms with E-state index in [9.17, 15) is 24.8 Å². The number of hydrogen-bond acceptors (Lipinski definition) is 6. The molecule has 1 saturated carbocycles. The van der Waals surface area contributed by atoms with E-state index >= 15 is 0 Å². The van der Waals surface area contributed by atoms with Gasteiger partial charge in [0.1, 0.15) is 11.4 Å². The average Bonchev–Trinajstić information content (AvgIpc) is 3.14. The van der Waals surface area contributed by atoms with Crippen molar-refractivity contribution in [2.24, 2.45) is 11.3 Å². The van der Waals surface area contributed by atoms with Crippen LogP contribution in [0.4, 0.5) is 11.4 Å². The Bertz CT molecular complexity index is 774. The number of halogens is 1. The Morgan fingerprint density at radius 2 is 2.21 bits per heavy atom. The number of amides is 1. The van der Waals surface area contributed by atoms with Gasteiger partial charge in [0.15, 0.2) is 0 Å². The molecule has 2 aliphatic rings. The Hall–Kier alpha value is -2.39. The summed E-state index contributed by atoms with van der Waals surface area (Å²) < 4.78 is 5.26. The van der Waals surface area contributed by atoms with Gasteiger partial charge < -0.3 is 15.2 Å². The number of carboxylic acid groups (broad SMARTS) is 1. The lowest BCUT2D eigenvalue weighted by molar-refractivity contribution is -0.384. The molecule has 0 unspecified atom stereocenters. The highest BCUT2D eigenvalue weighted by Gasteiger charge is 2.54. The summed E-state index contributed by atoms with van der Waals surface area (Å²) in [6.07, 6.45) is 2.39. The zero-order valence-corrected chi connectivity index (χ0v) is 16.4. The molecule has 2 fully saturated rings. The summed E-state index contributed by atoms with van der Waals surface area (Å²) in [5.74, 6) is -0.779. The van der Waals surface area contributed by atoms with E-state index in [4.69, 9.17) is 4.74 Å². The highest BCUT2D eigenvalue weighted by molar-refractivity contribution is 5.94. The lowest BCUT2D eigenvalue weighted by Crippen LogP contribution is -2.37. The second kappa shape index (κ2) is 8.74. The van der Waals surface area contributed by atoms with Crippen molar-refractivity contribution < 1.29 is 24.4 Å². The van der Waals surface area contributed by atoms with Crippen molar-refractivity contribution in [1.82, 2.24) is 4.90 Å². The minimum atomic E-state index is -0.796. The molecule has 1 saturated heterocycles. The number of aliphatic carboxylic acids is 1. The van der Waals surface area contributed by atoms with Gasteiger partial charge in [0.25, 0.3) is 5.69 Å². The lowest BCUT2D eigenvalue weighted by Gasteiger charge is -2.23. The van der Waals surface area contributed by atoms with Crippen LogP contribution in [0.3, 0.4) is 0 Å². The number of anilines is 1. The number of nitrogens with zero attached hydrogens (tertiary/aromatic N) is 2. The predicted molar refractivity (Wildman–Crippen MR) is 104 cm³/mol. The fourth-order valence-electron chi connectivity index (χ4n) is 4.28. The molecule has 0 radical (unpaired) electrons. The Morgan fingerprint density at radius 3 is 2.82 bits per heavy atom. The van der Waals surface area contributed by atoms with Crippen molar-refractivity contribution in [3.63, 3.8) is 0 Å². The van der Waals surface area contributed by atoms with Gasteiger partial charge in [-0.3, -0.25) is 24.6 Å². The molecular weight excluding hydrogens is 390 g/mol. The lowest BCUT2D eigenvalue weighted by atomic mass is 9.81. The number of nitro groups is 1. The summed E-state index contributed by atoms with van der Waals surface area (Å²) in [5, 5.41) is 23.5. The first-order chi connectivity index (χ1) is 12.9. The van der Waals surface area contributed by atoms with Gasteiger partial charge in [-0.05, 0) is 37.8 Å². The molecule has 9 nitrogen and oxygen atoms in total. The number of carbonyl (C=O) groups excluding carboxylic acids is 1. The standard InChI is InChI=1S/C18H23N3O6.ClH/c1-2-27-13-5-6-14(15(8-13)21(25)26)19-16(22)10-20-9-12-4-3-7-18(12,11-20)17(23)24;/h5-6,8,12H,2-4,7,9-11H2,1H3,(H,19,22)(H,23,24);1H/t12-,18+;/m0./s1. The number of rotatable bonds is 7. The molecule has 154 valence electrons. The van der Waals surface area contributed by atoms with Crippen molar-refractivity contribution in [2.75, 3.05) is 31.6 Å². The number of likely N-dealkylation sites (tertiary alicyclic amines) is 1. The van der Waals surface area contributed by atoms with E-state index in [0.717, 1.165) is 12.8 Å². The molecule has 2 N–H and O–H groups in total. The van der Waals surface area contributed by atoms with Crippen LogP contribution < -0.4 is 10.1 Å². The van der Waals surface area contributed by atoms with E-state index in [1.54, 1.807) is 13.0 Å². The van der Waals surface area contributed by atoms with Crippen molar-refractivity contribution in [2.45, 2.75) is 26.2 Å². The van der Waals surface area contributed by atoms with Gasteiger partial charge >= 0.3 is 5.97 Å². The zero-order chi connectivity index (χ0) is 19.6. The van der Waals surface area contributed by atoms with Crippen molar-refractivity contribution in [3.05, 3.63) is 28.3 Å². The van der Waals surface area contributed by atoms with E-state index < -0.39 is 22.2 Å². The van der Waals surface area contributed by atoms with E-state index in [2.05, 4.69) is 5.32 Å². The van der Waals surface area contributed by atoms with Gasteiger partial charge in [-0.1, -0.05) is 6.42 Å². The summed E-state index contributed by atoms with van der Waals surface area (Å²) in [7, 11) is 0. The van der Waals surface area contributed by atoms with Crippen molar-refractivity contribution in [3.8, 4) is 5.75 Å². The predicted octanol–water partition coefficient (Wildman–Crippen LogP) is 2.54. The molecule has 1 amide bonds. The molecular formula is C18H24ClN3O6. The fraction of sp³-hybridized carbons (Fsp3) is 0.556. The van der Waals surface area contributed by atoms with Gasteiger partial charge in [0, 0.05) is 13.1 Å². The van der Waals surface area contributed by atoms with Gasteiger partial charge in [0.05, 0.1) is 29.6 Å². The number of carbonyl (C=O) groups is 2. The Morgan fingerprint density at radius 1 is 1.46 bits per heavy atom. The maximum Gasteiger partial charge on any atom is 0.311 e. The van der Waals surface area contributed by atoms with Gasteiger partial charge in [-0.25, -0.2) is 0 Å². The van der Waals surface area contributed by atoms with Crippen LogP contribution in [0.15, 0.2) is 18.2 Å². The van der Waals surface area contributed by atoms with Crippen LogP contribution in [-0.2, 0) is 9.59 Å². The summed E-state index contributed by atoms with van der Waals surface area (Å²) >= 11 is 0. The van der Waals surface area contributed by atoms with E-state index in [-0.39, 0.29) is 36.2 Å². The molecule has 0 bridgehead atoms. The molecule has 1 aromatic rings. The van der Waals surface area contributed by atoms with E-state index in [1.807, 2.05) is 4.90 Å². The summed E-state index contributed by atoms with van der Waals surface area (Å²) in [6.45, 7) is 3.06. The second-order valence-electron chi connectivity index (χ2n) is 7.14. The second-order valence-corrected chi connectivity index (χ2v) is 7.14. The number of benzene rings is 1. The molecule has 0 spiro atoms. The van der Waals surface area contributed by atoms with Crippen LogP contribution in [0.1, 0.15) is 26.2 Å². The summed E-state index contributed by atoms with van der Waals surface area (Å²) in [6, 6.07) is 4.28. The van der Waals surface area contributed by atoms with Crippen LogP contribution in [-0.4, -0.2) is 53.0 Å². The number of carboxylic acids is 1. The molecule has 10 heteroatoms. The molecule has 2 atom stereocenters. The molecule has 1 heterocycles. The first-order valence-corrected chi connectivity index (χ1v) is 9.02. The minimum Gasteiger partial charge on any atom is -0.494 e. The maximum absolute atomic E-state index is 12.4. The molecule has 28 heavy (non-hydrogen) atoms. The third kappa shape index (κ3) is 4.20. The average molecular weight is 414 g/mol. The van der Waals surface area contributed by atoms with Gasteiger partial charge in [-0.2, -0.15) is 0 Å². The van der Waals surface area contributed by atoms with Crippen LogP contribution in [0.25, 0.3) is 0 Å². The Labute approximate surface area is 168 Å². The zero-order valence-electron chi connectivity index (χ0n) is 15.6. The topological polar surface area (TPSA) is 122 Å². The normalized spacial score (nSPS) is 23.5. The minimum absolute atomic E-state index is 0. The van der Waals surface area contributed by atoms with Crippen LogP contribution in [0.5, 0.6) is 5.75 Å². The number of nitrogens with one attached hydrogen (secondary N) is 1. The van der Waals surface area contributed by atoms with E-state index in [0.29, 0.717) is 31.9 Å². The van der Waals surface area contributed by atoms with E-state index in [1.165, 1.54) is 12.1 Å². The highest BCUT2D eigenvalue weighted by atomic mass is 35.5. The van der Waals surface area contributed by atoms with Crippen molar-refractivity contribution >= 4 is 35.7 Å². The first-order valence-electron chi connectivity index (χ1n) is 9.02. The fourth-order valence-corrected chi connectivity index (χ4v) is 4.28. The van der Waals surface area contributed by atoms with Crippen LogP contribution in [0.2, 0.25) is 0 Å². The Balaban J connectivity index is 0.00000280. The third-order valence-electron chi connectivity index (χ3n) is 5.49. The highest BCUT2D eigenvalue weighted by Crippen LogP contribution is 2.48. The smallest absolute Gasteiger partial charge is 0.311 e. The molecule has 1 aromatic carbocycles. The number of hydrogen-bond donors (Lipinski definition) is 2. The summed E-state index contributed by atoms with van der Waals surface area (Å²) in [5.41, 5.74) is -0.902.